The lowest BCUT2D eigenvalue weighted by molar-refractivity contribution is -0.129. The van der Waals surface area contributed by atoms with E-state index in [2.05, 4.69) is 25.3 Å². The average Bonchev–Trinajstić information content (AvgIpc) is 2.77. The topological polar surface area (TPSA) is 52.6 Å². The van der Waals surface area contributed by atoms with E-state index in [0.29, 0.717) is 11.5 Å². The Morgan fingerprint density at radius 3 is 1.38 bits per heavy atom. The molecule has 0 amide bonds. The smallest absolute Gasteiger partial charge is 0.335 e. The van der Waals surface area contributed by atoms with Crippen LogP contribution in [0.2, 0.25) is 0 Å². The summed E-state index contributed by atoms with van der Waals surface area (Å²) in [6, 6.07) is 24.8. The van der Waals surface area contributed by atoms with Gasteiger partial charge < -0.3 is 9.47 Å². The molecule has 0 aromatic heterocycles. The summed E-state index contributed by atoms with van der Waals surface area (Å²) in [7, 11) is 0. The summed E-state index contributed by atoms with van der Waals surface area (Å²) >= 11 is 0. The highest BCUT2D eigenvalue weighted by Crippen LogP contribution is 2.33. The Hall–Kier alpha value is -3.92. The van der Waals surface area contributed by atoms with Crippen LogP contribution in [0.25, 0.3) is 0 Å². The molecule has 0 unspecified atom stereocenters. The zero-order valence-electron chi connectivity index (χ0n) is 15.8. The minimum atomic E-state index is -0.498. The van der Waals surface area contributed by atoms with Gasteiger partial charge in [0.25, 0.3) is 0 Å². The summed E-state index contributed by atoms with van der Waals surface area (Å²) in [4.78, 5) is 22.8. The predicted octanol–water partition coefficient (Wildman–Crippen LogP) is 5.05. The number of rotatable bonds is 7. The average molecular weight is 384 g/mol. The lowest BCUT2D eigenvalue weighted by atomic mass is 9.85. The van der Waals surface area contributed by atoms with Gasteiger partial charge in [-0.1, -0.05) is 67.8 Å². The number of hydrogen-bond acceptors (Lipinski definition) is 4. The van der Waals surface area contributed by atoms with E-state index in [4.69, 9.17) is 9.47 Å². The molecule has 0 atom stereocenters. The molecule has 4 heteroatoms. The molecule has 4 nitrogen and oxygen atoms in total. The van der Waals surface area contributed by atoms with Gasteiger partial charge in [-0.25, -0.2) is 9.59 Å². The SMILES string of the molecule is C=CC(=O)Oc1ccc(C(c2ccccc2)c2ccc(OC(=O)C=C)cc2)cc1. The highest BCUT2D eigenvalue weighted by molar-refractivity contribution is 5.83. The van der Waals surface area contributed by atoms with Crippen LogP contribution in [-0.4, -0.2) is 11.9 Å². The number of esters is 2. The molecule has 29 heavy (non-hydrogen) atoms. The van der Waals surface area contributed by atoms with Crippen molar-refractivity contribution in [2.75, 3.05) is 0 Å². The maximum atomic E-state index is 11.4. The van der Waals surface area contributed by atoms with E-state index in [-0.39, 0.29) is 5.92 Å². The van der Waals surface area contributed by atoms with E-state index in [9.17, 15) is 9.59 Å². The van der Waals surface area contributed by atoms with E-state index >= 15 is 0 Å². The summed E-state index contributed by atoms with van der Waals surface area (Å²) in [5.74, 6) is -0.122. The molecular weight excluding hydrogens is 364 g/mol. The second kappa shape index (κ2) is 9.33. The van der Waals surface area contributed by atoms with Gasteiger partial charge in [0, 0.05) is 18.1 Å². The molecule has 0 bridgehead atoms. The normalized spacial score (nSPS) is 10.2. The molecule has 0 heterocycles. The fourth-order valence-electron chi connectivity index (χ4n) is 3.00. The third-order valence-electron chi connectivity index (χ3n) is 4.33. The van der Waals surface area contributed by atoms with Crippen molar-refractivity contribution in [2.45, 2.75) is 5.92 Å². The summed E-state index contributed by atoms with van der Waals surface area (Å²) in [5, 5.41) is 0. The second-order valence-corrected chi connectivity index (χ2v) is 6.23. The van der Waals surface area contributed by atoms with Gasteiger partial charge in [0.15, 0.2) is 0 Å². The number of benzene rings is 3. The molecule has 0 saturated carbocycles. The largest absolute Gasteiger partial charge is 0.423 e. The Bertz CT molecular complexity index is 937. The van der Waals surface area contributed by atoms with Crippen LogP contribution in [-0.2, 0) is 9.59 Å². The highest BCUT2D eigenvalue weighted by Gasteiger charge is 2.17. The maximum absolute atomic E-state index is 11.4. The quantitative estimate of drug-likeness (QED) is 0.248. The fourth-order valence-corrected chi connectivity index (χ4v) is 3.00. The molecule has 3 aromatic rings. The lowest BCUT2D eigenvalue weighted by Gasteiger charge is -2.19. The third kappa shape index (κ3) is 5.08. The molecule has 0 aliphatic rings. The molecule has 0 saturated heterocycles. The monoisotopic (exact) mass is 384 g/mol. The van der Waals surface area contributed by atoms with Gasteiger partial charge in [-0.15, -0.1) is 0 Å². The number of ether oxygens (including phenoxy) is 2. The first-order valence-corrected chi connectivity index (χ1v) is 9.04. The zero-order valence-corrected chi connectivity index (χ0v) is 15.8. The van der Waals surface area contributed by atoms with E-state index in [1.165, 1.54) is 0 Å². The van der Waals surface area contributed by atoms with Gasteiger partial charge in [0.05, 0.1) is 0 Å². The van der Waals surface area contributed by atoms with Gasteiger partial charge in [-0.2, -0.15) is 0 Å². The predicted molar refractivity (Wildman–Crippen MR) is 112 cm³/mol. The standard InChI is InChI=1S/C25H20O4/c1-3-23(26)28-21-14-10-19(11-15-21)25(18-8-6-5-7-9-18)20-12-16-22(17-13-20)29-24(27)4-2/h3-17,25H,1-2H2. The molecule has 3 aromatic carbocycles. The Labute approximate surface area is 169 Å². The summed E-state index contributed by atoms with van der Waals surface area (Å²) < 4.78 is 10.3. The zero-order chi connectivity index (χ0) is 20.6. The van der Waals surface area contributed by atoms with Crippen LogP contribution in [0.15, 0.2) is 104 Å². The molecule has 0 aliphatic heterocycles. The third-order valence-corrected chi connectivity index (χ3v) is 4.33. The van der Waals surface area contributed by atoms with E-state index in [1.807, 2.05) is 42.5 Å². The Morgan fingerprint density at radius 1 is 0.621 bits per heavy atom. The van der Waals surface area contributed by atoms with Crippen molar-refractivity contribution in [3.63, 3.8) is 0 Å². The van der Waals surface area contributed by atoms with Gasteiger partial charge in [-0.05, 0) is 41.0 Å². The van der Waals surface area contributed by atoms with Crippen molar-refractivity contribution < 1.29 is 19.1 Å². The van der Waals surface area contributed by atoms with Gasteiger partial charge in [0.2, 0.25) is 0 Å². The minimum absolute atomic E-state index is 0.0375. The van der Waals surface area contributed by atoms with Crippen molar-refractivity contribution in [3.8, 4) is 11.5 Å². The van der Waals surface area contributed by atoms with Gasteiger partial charge in [0.1, 0.15) is 11.5 Å². The Kier molecular flexibility index (Phi) is 6.38. The fraction of sp³-hybridized carbons (Fsp3) is 0.0400. The van der Waals surface area contributed by atoms with Crippen molar-refractivity contribution in [1.29, 1.82) is 0 Å². The lowest BCUT2D eigenvalue weighted by Crippen LogP contribution is -2.06. The van der Waals surface area contributed by atoms with Crippen molar-refractivity contribution >= 4 is 11.9 Å². The maximum Gasteiger partial charge on any atom is 0.335 e. The first-order valence-electron chi connectivity index (χ1n) is 9.04. The second-order valence-electron chi connectivity index (χ2n) is 6.23. The summed E-state index contributed by atoms with van der Waals surface area (Å²) in [5.41, 5.74) is 3.18. The summed E-state index contributed by atoms with van der Waals surface area (Å²) in [6.45, 7) is 6.80. The molecule has 0 spiro atoms. The highest BCUT2D eigenvalue weighted by atomic mass is 16.5. The molecule has 0 N–H and O–H groups in total. The van der Waals surface area contributed by atoms with Crippen LogP contribution < -0.4 is 9.47 Å². The van der Waals surface area contributed by atoms with E-state index in [0.717, 1.165) is 28.8 Å². The van der Waals surface area contributed by atoms with Crippen molar-refractivity contribution in [2.24, 2.45) is 0 Å². The van der Waals surface area contributed by atoms with E-state index < -0.39 is 11.9 Å². The molecule has 3 rings (SSSR count). The Morgan fingerprint density at radius 2 is 1.00 bits per heavy atom. The van der Waals surface area contributed by atoms with Crippen molar-refractivity contribution in [3.05, 3.63) is 121 Å². The number of carbonyl (C=O) groups excluding carboxylic acids is 2. The van der Waals surface area contributed by atoms with Crippen LogP contribution in [0, 0.1) is 0 Å². The van der Waals surface area contributed by atoms with Crippen LogP contribution in [0.5, 0.6) is 11.5 Å². The first kappa shape index (κ1) is 19.8. The molecule has 0 radical (unpaired) electrons. The summed E-state index contributed by atoms with van der Waals surface area (Å²) in [6.07, 6.45) is 2.25. The van der Waals surface area contributed by atoms with Crippen molar-refractivity contribution in [1.82, 2.24) is 0 Å². The molecule has 0 aliphatic carbocycles. The van der Waals surface area contributed by atoms with Gasteiger partial charge in [-0.3, -0.25) is 0 Å². The Balaban J connectivity index is 1.93. The van der Waals surface area contributed by atoms with Gasteiger partial charge >= 0.3 is 11.9 Å². The number of carbonyl (C=O) groups is 2. The molecule has 144 valence electrons. The minimum Gasteiger partial charge on any atom is -0.423 e. The van der Waals surface area contributed by atoms with E-state index in [1.54, 1.807) is 24.3 Å². The first-order chi connectivity index (χ1) is 14.1. The van der Waals surface area contributed by atoms with Crippen LogP contribution in [0.4, 0.5) is 0 Å². The van der Waals surface area contributed by atoms with Crippen LogP contribution >= 0.6 is 0 Å². The molecular formula is C25H20O4. The van der Waals surface area contributed by atoms with Crippen LogP contribution in [0.1, 0.15) is 22.6 Å². The molecule has 0 fully saturated rings. The van der Waals surface area contributed by atoms with Crippen LogP contribution in [0.3, 0.4) is 0 Å². The number of hydrogen-bond donors (Lipinski definition) is 0.